The second-order valence-corrected chi connectivity index (χ2v) is 7.45. The summed E-state index contributed by atoms with van der Waals surface area (Å²) in [7, 11) is 0. The molecule has 0 unspecified atom stereocenters. The molecule has 2 aromatic rings. The third-order valence-electron chi connectivity index (χ3n) is 5.55. The first-order chi connectivity index (χ1) is 13.1. The summed E-state index contributed by atoms with van der Waals surface area (Å²) in [5, 5.41) is 20.4. The van der Waals surface area contributed by atoms with E-state index in [2.05, 4.69) is 15.7 Å². The van der Waals surface area contributed by atoms with Crippen LogP contribution >= 0.6 is 0 Å². The van der Waals surface area contributed by atoms with Gasteiger partial charge in [-0.1, -0.05) is 6.07 Å². The normalized spacial score (nSPS) is 25.0. The molecule has 2 aliphatic carbocycles. The maximum absolute atomic E-state index is 12.6. The number of carbonyl (C=O) groups is 2. The van der Waals surface area contributed by atoms with Gasteiger partial charge in [0.1, 0.15) is 0 Å². The van der Waals surface area contributed by atoms with Crippen molar-refractivity contribution < 1.29 is 14.7 Å². The highest BCUT2D eigenvalue weighted by molar-refractivity contribution is 5.95. The van der Waals surface area contributed by atoms with Gasteiger partial charge in [-0.15, -0.1) is 0 Å². The molecule has 0 spiro atoms. The molecule has 2 fully saturated rings. The molecule has 1 aromatic heterocycles. The molecule has 27 heavy (non-hydrogen) atoms. The lowest BCUT2D eigenvalue weighted by Crippen LogP contribution is -2.42. The van der Waals surface area contributed by atoms with E-state index in [-0.39, 0.29) is 23.8 Å². The molecule has 2 aliphatic rings. The summed E-state index contributed by atoms with van der Waals surface area (Å²) in [4.78, 5) is 25.0. The summed E-state index contributed by atoms with van der Waals surface area (Å²) < 4.78 is 1.68. The number of nitrogens with one attached hydrogen (secondary N) is 2. The van der Waals surface area contributed by atoms with Crippen LogP contribution in [0.15, 0.2) is 42.7 Å². The molecule has 4 rings (SSSR count). The van der Waals surface area contributed by atoms with Crippen LogP contribution in [0, 0.1) is 5.92 Å². The molecule has 0 radical (unpaired) electrons. The van der Waals surface area contributed by atoms with Crippen molar-refractivity contribution in [3.8, 4) is 5.69 Å². The zero-order valence-corrected chi connectivity index (χ0v) is 15.0. The SMILES string of the molecule is O=C(N[C@@H]1C[C@H](C(=O)NC2CCC2)C[C@H]1O)c1cccc(-n2cccn2)c1. The first kappa shape index (κ1) is 17.7. The topological polar surface area (TPSA) is 96.3 Å². The molecule has 2 saturated carbocycles. The standard InChI is InChI=1S/C20H24N4O3/c25-18-12-14(20(27)22-15-5-2-6-15)11-17(18)23-19(26)13-4-1-7-16(10-13)24-9-3-8-21-24/h1,3-4,7-10,14-15,17-18,25H,2,5-6,11-12H2,(H,22,27)(H,23,26)/t14-,17+,18+/m0/s1. The van der Waals surface area contributed by atoms with Gasteiger partial charge in [0.15, 0.2) is 0 Å². The van der Waals surface area contributed by atoms with Crippen LogP contribution in [-0.4, -0.2) is 44.9 Å². The lowest BCUT2D eigenvalue weighted by molar-refractivity contribution is -0.126. The van der Waals surface area contributed by atoms with Crippen molar-refractivity contribution in [2.24, 2.45) is 5.92 Å². The van der Waals surface area contributed by atoms with Gasteiger partial charge in [-0.3, -0.25) is 9.59 Å². The molecule has 0 saturated heterocycles. The number of aliphatic hydroxyl groups is 1. The lowest BCUT2D eigenvalue weighted by atomic mass is 9.92. The predicted molar refractivity (Wildman–Crippen MR) is 99.3 cm³/mol. The van der Waals surface area contributed by atoms with Gasteiger partial charge in [0.05, 0.1) is 17.8 Å². The first-order valence-corrected chi connectivity index (χ1v) is 9.49. The number of aromatic nitrogens is 2. The molecule has 0 aliphatic heterocycles. The fourth-order valence-electron chi connectivity index (χ4n) is 3.72. The molecule has 142 valence electrons. The minimum atomic E-state index is -0.708. The van der Waals surface area contributed by atoms with E-state index < -0.39 is 12.1 Å². The summed E-state index contributed by atoms with van der Waals surface area (Å²) in [6.07, 6.45) is 6.86. The van der Waals surface area contributed by atoms with Gasteiger partial charge in [-0.05, 0) is 56.4 Å². The Labute approximate surface area is 157 Å². The van der Waals surface area contributed by atoms with Crippen molar-refractivity contribution in [2.45, 2.75) is 50.3 Å². The zero-order chi connectivity index (χ0) is 18.8. The van der Waals surface area contributed by atoms with Crippen LogP contribution in [0.2, 0.25) is 0 Å². The molecule has 0 bridgehead atoms. The number of hydrogen-bond donors (Lipinski definition) is 3. The van der Waals surface area contributed by atoms with E-state index in [9.17, 15) is 14.7 Å². The Morgan fingerprint density at radius 2 is 2.00 bits per heavy atom. The number of benzene rings is 1. The van der Waals surface area contributed by atoms with Crippen LogP contribution in [0.4, 0.5) is 0 Å². The van der Waals surface area contributed by atoms with Crippen molar-refractivity contribution in [2.75, 3.05) is 0 Å². The number of amides is 2. The van der Waals surface area contributed by atoms with Gasteiger partial charge in [0.2, 0.25) is 5.91 Å². The number of hydrogen-bond acceptors (Lipinski definition) is 4. The second-order valence-electron chi connectivity index (χ2n) is 7.45. The Bertz CT molecular complexity index is 816. The third kappa shape index (κ3) is 3.88. The molecule has 7 nitrogen and oxygen atoms in total. The van der Waals surface area contributed by atoms with Crippen molar-refractivity contribution in [1.82, 2.24) is 20.4 Å². The van der Waals surface area contributed by atoms with Crippen LogP contribution in [0.5, 0.6) is 0 Å². The average molecular weight is 368 g/mol. The van der Waals surface area contributed by atoms with E-state index in [4.69, 9.17) is 0 Å². The molecule has 3 N–H and O–H groups in total. The van der Waals surface area contributed by atoms with Crippen LogP contribution in [0.3, 0.4) is 0 Å². The van der Waals surface area contributed by atoms with Crippen LogP contribution in [0.1, 0.15) is 42.5 Å². The molecule has 1 aromatic carbocycles. The molecule has 1 heterocycles. The second kappa shape index (κ2) is 7.52. The van der Waals surface area contributed by atoms with Crippen molar-refractivity contribution >= 4 is 11.8 Å². The fraction of sp³-hybridized carbons (Fsp3) is 0.450. The summed E-state index contributed by atoms with van der Waals surface area (Å²) in [5.41, 5.74) is 1.29. The maximum atomic E-state index is 12.6. The van der Waals surface area contributed by atoms with Gasteiger partial charge in [-0.25, -0.2) is 4.68 Å². The summed E-state index contributed by atoms with van der Waals surface area (Å²) in [6, 6.07) is 8.84. The Hall–Kier alpha value is -2.67. The number of aliphatic hydroxyl groups excluding tert-OH is 1. The van der Waals surface area contributed by atoms with Crippen molar-refractivity contribution in [3.63, 3.8) is 0 Å². The van der Waals surface area contributed by atoms with Crippen LogP contribution in [0.25, 0.3) is 5.69 Å². The average Bonchev–Trinajstić information content (AvgIpc) is 3.29. The molecule has 7 heteroatoms. The molecular formula is C20H24N4O3. The summed E-state index contributed by atoms with van der Waals surface area (Å²) in [5.74, 6) is -0.509. The fourth-order valence-corrected chi connectivity index (χ4v) is 3.72. The monoisotopic (exact) mass is 368 g/mol. The van der Waals surface area contributed by atoms with Crippen LogP contribution < -0.4 is 10.6 Å². The molecular weight excluding hydrogens is 344 g/mol. The quantitative estimate of drug-likeness (QED) is 0.743. The number of rotatable bonds is 5. The maximum Gasteiger partial charge on any atom is 0.251 e. The van der Waals surface area contributed by atoms with E-state index in [0.717, 1.165) is 24.9 Å². The van der Waals surface area contributed by atoms with E-state index in [0.29, 0.717) is 18.4 Å². The Morgan fingerprint density at radius 3 is 2.70 bits per heavy atom. The Balaban J connectivity index is 1.38. The molecule has 3 atom stereocenters. The number of carbonyl (C=O) groups excluding carboxylic acids is 2. The van der Waals surface area contributed by atoms with Crippen LogP contribution in [-0.2, 0) is 4.79 Å². The molecule has 2 amide bonds. The third-order valence-corrected chi connectivity index (χ3v) is 5.55. The minimum Gasteiger partial charge on any atom is -0.391 e. The van der Waals surface area contributed by atoms with E-state index >= 15 is 0 Å². The highest BCUT2D eigenvalue weighted by Gasteiger charge is 2.38. The van der Waals surface area contributed by atoms with Gasteiger partial charge >= 0.3 is 0 Å². The van der Waals surface area contributed by atoms with Crippen molar-refractivity contribution in [1.29, 1.82) is 0 Å². The largest absolute Gasteiger partial charge is 0.391 e. The first-order valence-electron chi connectivity index (χ1n) is 9.49. The van der Waals surface area contributed by atoms with Gasteiger partial charge < -0.3 is 15.7 Å². The van der Waals surface area contributed by atoms with E-state index in [1.807, 2.05) is 18.3 Å². The summed E-state index contributed by atoms with van der Waals surface area (Å²) in [6.45, 7) is 0. The van der Waals surface area contributed by atoms with E-state index in [1.54, 1.807) is 29.1 Å². The van der Waals surface area contributed by atoms with Gasteiger partial charge in [-0.2, -0.15) is 5.10 Å². The summed E-state index contributed by atoms with van der Waals surface area (Å²) >= 11 is 0. The van der Waals surface area contributed by atoms with Crippen molar-refractivity contribution in [3.05, 3.63) is 48.3 Å². The minimum absolute atomic E-state index is 0.00354. The zero-order valence-electron chi connectivity index (χ0n) is 15.0. The Morgan fingerprint density at radius 1 is 1.15 bits per heavy atom. The predicted octanol–water partition coefficient (Wildman–Crippen LogP) is 1.41. The van der Waals surface area contributed by atoms with Gasteiger partial charge in [0, 0.05) is 29.9 Å². The highest BCUT2D eigenvalue weighted by atomic mass is 16.3. The number of nitrogens with zero attached hydrogens (tertiary/aromatic N) is 2. The Kier molecular flexibility index (Phi) is 4.94. The smallest absolute Gasteiger partial charge is 0.251 e. The van der Waals surface area contributed by atoms with Gasteiger partial charge in [0.25, 0.3) is 5.91 Å². The van der Waals surface area contributed by atoms with E-state index in [1.165, 1.54) is 0 Å². The lowest BCUT2D eigenvalue weighted by Gasteiger charge is -2.27. The highest BCUT2D eigenvalue weighted by Crippen LogP contribution is 2.28.